The minimum Gasteiger partial charge on any atom is -0.478 e. The molecule has 0 saturated heterocycles. The minimum absolute atomic E-state index is 0.268. The molecule has 0 fully saturated rings. The molecule has 4 heterocycles. The van der Waals surface area contributed by atoms with Gasteiger partial charge in [0.05, 0.1) is 17.0 Å². The van der Waals surface area contributed by atoms with Gasteiger partial charge in [-0.05, 0) is 23.8 Å². The van der Waals surface area contributed by atoms with E-state index in [1.807, 2.05) is 30.3 Å². The molecule has 4 rings (SSSR count). The summed E-state index contributed by atoms with van der Waals surface area (Å²) >= 11 is 0. The second-order valence-electron chi connectivity index (χ2n) is 5.84. The third-order valence-corrected chi connectivity index (χ3v) is 4.21. The predicted molar refractivity (Wildman–Crippen MR) is 88.2 cm³/mol. The molecule has 0 saturated carbocycles. The number of nitrogens with zero attached hydrogens (tertiary/aromatic N) is 3. The lowest BCUT2D eigenvalue weighted by Gasteiger charge is -2.19. The molecule has 2 N–H and O–H groups in total. The molecule has 0 amide bonds. The van der Waals surface area contributed by atoms with Gasteiger partial charge in [-0.25, -0.2) is 4.79 Å². The maximum absolute atomic E-state index is 11.6. The zero-order valence-electron chi connectivity index (χ0n) is 12.9. The van der Waals surface area contributed by atoms with Gasteiger partial charge in [0.15, 0.2) is 0 Å². The van der Waals surface area contributed by atoms with Crippen LogP contribution in [0.25, 0.3) is 11.3 Å². The van der Waals surface area contributed by atoms with Crippen molar-refractivity contribution in [3.05, 3.63) is 71.4 Å². The fourth-order valence-corrected chi connectivity index (χ4v) is 3.17. The van der Waals surface area contributed by atoms with E-state index in [0.717, 1.165) is 22.6 Å². The smallest absolute Gasteiger partial charge is 0.337 e. The summed E-state index contributed by atoms with van der Waals surface area (Å²) in [6.07, 6.45) is 5.04. The standard InChI is InChI=1S/C18H16N4O2/c23-18(24)14-8-21-15-11-22(10-13-5-1-2-6-19-13)9-12-4-3-7-20-17(12)16(14)15/h1-8,21H,9-11H2,(H,23,24). The van der Waals surface area contributed by atoms with Crippen molar-refractivity contribution in [3.63, 3.8) is 0 Å². The number of carboxylic acid groups (broad SMARTS) is 1. The quantitative estimate of drug-likeness (QED) is 0.775. The Hall–Kier alpha value is -2.99. The van der Waals surface area contributed by atoms with Crippen molar-refractivity contribution in [2.45, 2.75) is 19.6 Å². The van der Waals surface area contributed by atoms with Crippen LogP contribution in [0.5, 0.6) is 0 Å². The van der Waals surface area contributed by atoms with E-state index in [1.165, 1.54) is 0 Å². The average molecular weight is 320 g/mol. The highest BCUT2D eigenvalue weighted by molar-refractivity contribution is 5.96. The highest BCUT2D eigenvalue weighted by atomic mass is 16.4. The molecule has 1 aliphatic rings. The number of pyridine rings is 2. The van der Waals surface area contributed by atoms with Crippen LogP contribution in [-0.2, 0) is 19.6 Å². The minimum atomic E-state index is -0.942. The lowest BCUT2D eigenvalue weighted by molar-refractivity contribution is 0.0698. The second kappa shape index (κ2) is 5.90. The summed E-state index contributed by atoms with van der Waals surface area (Å²) in [4.78, 5) is 25.8. The SMILES string of the molecule is O=C(O)c1c[nH]c2c1-c1ncccc1CN(Cc1ccccn1)C2. The first-order valence-corrected chi connectivity index (χ1v) is 7.72. The Kier molecular flexibility index (Phi) is 3.59. The van der Waals surface area contributed by atoms with E-state index in [0.29, 0.717) is 25.2 Å². The largest absolute Gasteiger partial charge is 0.478 e. The van der Waals surface area contributed by atoms with Crippen molar-refractivity contribution >= 4 is 5.97 Å². The molecule has 0 atom stereocenters. The van der Waals surface area contributed by atoms with Crippen LogP contribution in [-0.4, -0.2) is 30.9 Å². The molecule has 0 spiro atoms. The molecule has 3 aromatic rings. The van der Waals surface area contributed by atoms with E-state index in [9.17, 15) is 9.90 Å². The number of aromatic carboxylic acids is 1. The summed E-state index contributed by atoms with van der Waals surface area (Å²) in [5, 5.41) is 9.48. The first-order chi connectivity index (χ1) is 11.7. The molecule has 6 nitrogen and oxygen atoms in total. The van der Waals surface area contributed by atoms with Crippen molar-refractivity contribution in [1.82, 2.24) is 19.9 Å². The van der Waals surface area contributed by atoms with Gasteiger partial charge in [-0.15, -0.1) is 0 Å². The van der Waals surface area contributed by atoms with Gasteiger partial charge in [-0.2, -0.15) is 0 Å². The Bertz CT molecular complexity index is 889. The Balaban J connectivity index is 1.77. The molecule has 0 aliphatic carbocycles. The Labute approximate surface area is 138 Å². The molecular formula is C18H16N4O2. The fraction of sp³-hybridized carbons (Fsp3) is 0.167. The lowest BCUT2D eigenvalue weighted by atomic mass is 10.0. The number of rotatable bonds is 3. The van der Waals surface area contributed by atoms with Gasteiger partial charge in [-0.3, -0.25) is 14.9 Å². The number of H-pyrrole nitrogens is 1. The number of carbonyl (C=O) groups is 1. The maximum atomic E-state index is 11.6. The Morgan fingerprint density at radius 2 is 2.04 bits per heavy atom. The van der Waals surface area contributed by atoms with E-state index >= 15 is 0 Å². The van der Waals surface area contributed by atoms with Gasteiger partial charge >= 0.3 is 5.97 Å². The highest BCUT2D eigenvalue weighted by Gasteiger charge is 2.26. The lowest BCUT2D eigenvalue weighted by Crippen LogP contribution is -2.22. The summed E-state index contributed by atoms with van der Waals surface area (Å²) in [7, 11) is 0. The third-order valence-electron chi connectivity index (χ3n) is 4.21. The summed E-state index contributed by atoms with van der Waals surface area (Å²) < 4.78 is 0. The van der Waals surface area contributed by atoms with Crippen LogP contribution < -0.4 is 0 Å². The summed E-state index contributed by atoms with van der Waals surface area (Å²) in [5.41, 5.74) is 4.59. The average Bonchev–Trinajstić information content (AvgIpc) is 2.93. The number of nitrogens with one attached hydrogen (secondary N) is 1. The summed E-state index contributed by atoms with van der Waals surface area (Å²) in [6.45, 7) is 2.01. The van der Waals surface area contributed by atoms with Crippen molar-refractivity contribution < 1.29 is 9.90 Å². The molecule has 3 aromatic heterocycles. The van der Waals surface area contributed by atoms with Gasteiger partial charge in [0.25, 0.3) is 0 Å². The van der Waals surface area contributed by atoms with Crippen molar-refractivity contribution in [3.8, 4) is 11.3 Å². The Morgan fingerprint density at radius 3 is 2.83 bits per heavy atom. The number of hydrogen-bond donors (Lipinski definition) is 2. The topological polar surface area (TPSA) is 82.1 Å². The second-order valence-corrected chi connectivity index (χ2v) is 5.84. The number of aromatic nitrogens is 3. The van der Waals surface area contributed by atoms with Gasteiger partial charge in [0, 0.05) is 49.5 Å². The van der Waals surface area contributed by atoms with Crippen LogP contribution in [0.2, 0.25) is 0 Å². The molecular weight excluding hydrogens is 304 g/mol. The zero-order valence-corrected chi connectivity index (χ0v) is 12.9. The molecule has 24 heavy (non-hydrogen) atoms. The zero-order chi connectivity index (χ0) is 16.5. The predicted octanol–water partition coefficient (Wildman–Crippen LogP) is 2.69. The van der Waals surface area contributed by atoms with Gasteiger partial charge in [-0.1, -0.05) is 12.1 Å². The summed E-state index contributed by atoms with van der Waals surface area (Å²) in [6, 6.07) is 9.75. The first-order valence-electron chi connectivity index (χ1n) is 7.72. The van der Waals surface area contributed by atoms with Crippen LogP contribution in [0.1, 0.15) is 27.3 Å². The summed E-state index contributed by atoms with van der Waals surface area (Å²) in [5.74, 6) is -0.942. The third kappa shape index (κ3) is 2.57. The van der Waals surface area contributed by atoms with Crippen molar-refractivity contribution in [1.29, 1.82) is 0 Å². The van der Waals surface area contributed by atoms with Crippen LogP contribution in [0, 0.1) is 0 Å². The molecule has 0 bridgehead atoms. The van der Waals surface area contributed by atoms with Crippen LogP contribution in [0.15, 0.2) is 48.9 Å². The van der Waals surface area contributed by atoms with E-state index in [1.54, 1.807) is 18.6 Å². The van der Waals surface area contributed by atoms with Crippen molar-refractivity contribution in [2.75, 3.05) is 0 Å². The van der Waals surface area contributed by atoms with Crippen LogP contribution in [0.4, 0.5) is 0 Å². The van der Waals surface area contributed by atoms with Gasteiger partial charge in [0.1, 0.15) is 0 Å². The molecule has 0 aromatic carbocycles. The van der Waals surface area contributed by atoms with Gasteiger partial charge < -0.3 is 10.1 Å². The van der Waals surface area contributed by atoms with Crippen LogP contribution in [0.3, 0.4) is 0 Å². The first kappa shape index (κ1) is 14.6. The number of aromatic amines is 1. The fourth-order valence-electron chi connectivity index (χ4n) is 3.17. The molecule has 1 aliphatic heterocycles. The Morgan fingerprint density at radius 1 is 1.17 bits per heavy atom. The van der Waals surface area contributed by atoms with E-state index in [-0.39, 0.29) is 5.56 Å². The molecule has 120 valence electrons. The number of carboxylic acids is 1. The number of fused-ring (bicyclic) bond motifs is 3. The maximum Gasteiger partial charge on any atom is 0.337 e. The highest BCUT2D eigenvalue weighted by Crippen LogP contribution is 2.33. The normalized spacial score (nSPS) is 13.8. The van der Waals surface area contributed by atoms with Crippen LogP contribution >= 0.6 is 0 Å². The van der Waals surface area contributed by atoms with E-state index in [2.05, 4.69) is 19.9 Å². The number of hydrogen-bond acceptors (Lipinski definition) is 4. The van der Waals surface area contributed by atoms with Gasteiger partial charge in [0.2, 0.25) is 0 Å². The molecule has 0 radical (unpaired) electrons. The monoisotopic (exact) mass is 320 g/mol. The molecule has 6 heteroatoms. The van der Waals surface area contributed by atoms with Crippen molar-refractivity contribution in [2.24, 2.45) is 0 Å². The molecule has 0 unspecified atom stereocenters. The van der Waals surface area contributed by atoms with E-state index in [4.69, 9.17) is 0 Å². The van der Waals surface area contributed by atoms with E-state index < -0.39 is 5.97 Å².